The third-order valence-electron chi connectivity index (χ3n) is 4.38. The molecule has 2 aromatic rings. The van der Waals surface area contributed by atoms with E-state index in [2.05, 4.69) is 49.3 Å². The Balaban J connectivity index is 2.14. The van der Waals surface area contributed by atoms with E-state index in [1.54, 1.807) is 0 Å². The number of hydrogen-bond acceptors (Lipinski definition) is 3. The minimum Gasteiger partial charge on any atom is -0.379 e. The lowest BCUT2D eigenvalue weighted by Crippen LogP contribution is -2.19. The molecular formula is C24H28N2O. The Morgan fingerprint density at radius 1 is 1.00 bits per heavy atom. The molecule has 0 aliphatic rings. The van der Waals surface area contributed by atoms with Gasteiger partial charge in [-0.05, 0) is 48.6 Å². The molecule has 0 fully saturated rings. The average Bonchev–Trinajstić information content (AvgIpc) is 2.68. The van der Waals surface area contributed by atoms with E-state index < -0.39 is 0 Å². The lowest BCUT2D eigenvalue weighted by molar-refractivity contribution is -0.105. The van der Waals surface area contributed by atoms with Crippen molar-refractivity contribution >= 4 is 17.7 Å². The number of carbonyl (C=O) groups is 1. The summed E-state index contributed by atoms with van der Waals surface area (Å²) in [6.45, 7) is 10.9. The van der Waals surface area contributed by atoms with Crippen LogP contribution in [0.1, 0.15) is 30.0 Å². The SMILES string of the molecule is C=C(CN/C(=C\C=C(/C=O)CC)c1ccccc1)Nc1c(C)cccc1C. The van der Waals surface area contributed by atoms with E-state index in [1.807, 2.05) is 49.4 Å². The van der Waals surface area contributed by atoms with Gasteiger partial charge in [-0.3, -0.25) is 4.79 Å². The smallest absolute Gasteiger partial charge is 0.146 e. The summed E-state index contributed by atoms with van der Waals surface area (Å²) in [5.74, 6) is 0. The van der Waals surface area contributed by atoms with Crippen LogP contribution in [0.5, 0.6) is 0 Å². The number of nitrogens with one attached hydrogen (secondary N) is 2. The molecule has 3 heteroatoms. The fraction of sp³-hybridized carbons (Fsp3) is 0.208. The molecule has 3 nitrogen and oxygen atoms in total. The van der Waals surface area contributed by atoms with Crippen molar-refractivity contribution in [2.45, 2.75) is 27.2 Å². The van der Waals surface area contributed by atoms with Crippen LogP contribution in [0.4, 0.5) is 5.69 Å². The molecule has 0 heterocycles. The van der Waals surface area contributed by atoms with Gasteiger partial charge in [0.2, 0.25) is 0 Å². The summed E-state index contributed by atoms with van der Waals surface area (Å²) in [6.07, 6.45) is 5.43. The van der Waals surface area contributed by atoms with Crippen molar-refractivity contribution in [3.05, 3.63) is 95.2 Å². The van der Waals surface area contributed by atoms with Gasteiger partial charge in [-0.15, -0.1) is 0 Å². The van der Waals surface area contributed by atoms with E-state index in [0.29, 0.717) is 13.0 Å². The highest BCUT2D eigenvalue weighted by molar-refractivity contribution is 5.75. The highest BCUT2D eigenvalue weighted by atomic mass is 16.1. The first-order valence-corrected chi connectivity index (χ1v) is 9.21. The van der Waals surface area contributed by atoms with E-state index in [4.69, 9.17) is 0 Å². The predicted molar refractivity (Wildman–Crippen MR) is 116 cm³/mol. The molecule has 0 aliphatic heterocycles. The monoisotopic (exact) mass is 360 g/mol. The van der Waals surface area contributed by atoms with Gasteiger partial charge >= 0.3 is 0 Å². The molecule has 0 amide bonds. The summed E-state index contributed by atoms with van der Waals surface area (Å²) >= 11 is 0. The number of aryl methyl sites for hydroxylation is 2. The summed E-state index contributed by atoms with van der Waals surface area (Å²) in [5, 5.41) is 6.85. The highest BCUT2D eigenvalue weighted by Crippen LogP contribution is 2.21. The number of anilines is 1. The molecule has 27 heavy (non-hydrogen) atoms. The molecule has 0 aromatic heterocycles. The minimum atomic E-state index is 0.574. The van der Waals surface area contributed by atoms with Crippen LogP contribution in [0.15, 0.2) is 78.5 Å². The Bertz CT molecular complexity index is 828. The first kappa shape index (κ1) is 20.2. The van der Waals surface area contributed by atoms with Crippen LogP contribution in [-0.2, 0) is 4.79 Å². The van der Waals surface area contributed by atoms with E-state index in [9.17, 15) is 4.79 Å². The first-order valence-electron chi connectivity index (χ1n) is 9.21. The fourth-order valence-corrected chi connectivity index (χ4v) is 2.74. The maximum absolute atomic E-state index is 11.1. The second kappa shape index (κ2) is 10.2. The van der Waals surface area contributed by atoms with Gasteiger partial charge in [0.05, 0.1) is 6.54 Å². The Morgan fingerprint density at radius 2 is 1.67 bits per heavy atom. The molecule has 140 valence electrons. The van der Waals surface area contributed by atoms with Crippen LogP contribution in [-0.4, -0.2) is 12.8 Å². The molecule has 0 spiro atoms. The molecule has 0 unspecified atom stereocenters. The minimum absolute atomic E-state index is 0.574. The van der Waals surface area contributed by atoms with E-state index in [-0.39, 0.29) is 0 Å². The molecular weight excluding hydrogens is 332 g/mol. The predicted octanol–water partition coefficient (Wildman–Crippen LogP) is 5.40. The number of aldehydes is 1. The Hall–Kier alpha value is -3.07. The second-order valence-electron chi connectivity index (χ2n) is 6.51. The quantitative estimate of drug-likeness (QED) is 0.358. The molecule has 0 radical (unpaired) electrons. The molecule has 2 rings (SSSR count). The van der Waals surface area contributed by atoms with Gasteiger partial charge in [-0.1, -0.05) is 68.1 Å². The average molecular weight is 361 g/mol. The fourth-order valence-electron chi connectivity index (χ4n) is 2.74. The number of allylic oxidation sites excluding steroid dienone is 3. The van der Waals surface area contributed by atoms with Crippen molar-refractivity contribution in [2.24, 2.45) is 0 Å². The summed E-state index contributed by atoms with van der Waals surface area (Å²) in [7, 11) is 0. The Morgan fingerprint density at radius 3 is 2.26 bits per heavy atom. The molecule has 0 bridgehead atoms. The summed E-state index contributed by atoms with van der Waals surface area (Å²) in [6, 6.07) is 16.3. The molecule has 0 saturated heterocycles. The van der Waals surface area contributed by atoms with Crippen LogP contribution in [0.3, 0.4) is 0 Å². The number of hydrogen-bond donors (Lipinski definition) is 2. The summed E-state index contributed by atoms with van der Waals surface area (Å²) in [4.78, 5) is 11.1. The first-order chi connectivity index (χ1) is 13.0. The van der Waals surface area contributed by atoms with Crippen LogP contribution in [0.25, 0.3) is 5.70 Å². The lowest BCUT2D eigenvalue weighted by Gasteiger charge is -2.17. The zero-order chi connectivity index (χ0) is 19.6. The molecule has 0 atom stereocenters. The van der Waals surface area contributed by atoms with Gasteiger partial charge in [0, 0.05) is 17.1 Å². The lowest BCUT2D eigenvalue weighted by atomic mass is 10.1. The third-order valence-corrected chi connectivity index (χ3v) is 4.38. The van der Waals surface area contributed by atoms with Crippen molar-refractivity contribution in [1.82, 2.24) is 5.32 Å². The summed E-state index contributed by atoms with van der Waals surface area (Å²) in [5.41, 5.74) is 7.14. The van der Waals surface area contributed by atoms with E-state index in [0.717, 1.165) is 34.5 Å². The van der Waals surface area contributed by atoms with Gasteiger partial charge in [-0.2, -0.15) is 0 Å². The van der Waals surface area contributed by atoms with Gasteiger partial charge in [0.25, 0.3) is 0 Å². The maximum Gasteiger partial charge on any atom is 0.146 e. The van der Waals surface area contributed by atoms with Crippen molar-refractivity contribution in [3.8, 4) is 0 Å². The Labute approximate surface area is 162 Å². The van der Waals surface area contributed by atoms with E-state index in [1.165, 1.54) is 11.1 Å². The van der Waals surface area contributed by atoms with Crippen LogP contribution in [0.2, 0.25) is 0 Å². The number of carbonyl (C=O) groups excluding carboxylic acids is 1. The highest BCUT2D eigenvalue weighted by Gasteiger charge is 2.05. The van der Waals surface area contributed by atoms with Crippen molar-refractivity contribution in [2.75, 3.05) is 11.9 Å². The largest absolute Gasteiger partial charge is 0.379 e. The third kappa shape index (κ3) is 6.00. The Kier molecular flexibility index (Phi) is 7.63. The molecule has 2 N–H and O–H groups in total. The second-order valence-corrected chi connectivity index (χ2v) is 6.51. The number of rotatable bonds is 9. The van der Waals surface area contributed by atoms with E-state index >= 15 is 0 Å². The van der Waals surface area contributed by atoms with Gasteiger partial charge in [0.1, 0.15) is 6.29 Å². The summed E-state index contributed by atoms with van der Waals surface area (Å²) < 4.78 is 0. The molecule has 2 aromatic carbocycles. The number of para-hydroxylation sites is 1. The molecule has 0 saturated carbocycles. The zero-order valence-corrected chi connectivity index (χ0v) is 16.4. The van der Waals surface area contributed by atoms with Gasteiger partial charge < -0.3 is 10.6 Å². The standard InChI is InChI=1S/C24H28N2O/c1-5-21(17-27)14-15-23(22-12-7-6-8-13-22)25-16-20(4)26-24-18(2)10-9-11-19(24)3/h6-15,17,25-26H,4-5,16H2,1-3H3/b21-14-,23-15-. The molecule has 0 aliphatic carbocycles. The normalized spacial score (nSPS) is 11.8. The van der Waals surface area contributed by atoms with Crippen molar-refractivity contribution in [1.29, 1.82) is 0 Å². The van der Waals surface area contributed by atoms with Gasteiger partial charge in [-0.25, -0.2) is 0 Å². The zero-order valence-electron chi connectivity index (χ0n) is 16.4. The van der Waals surface area contributed by atoms with Crippen LogP contribution in [0, 0.1) is 13.8 Å². The van der Waals surface area contributed by atoms with Crippen molar-refractivity contribution in [3.63, 3.8) is 0 Å². The van der Waals surface area contributed by atoms with Gasteiger partial charge in [0.15, 0.2) is 0 Å². The maximum atomic E-state index is 11.1. The topological polar surface area (TPSA) is 41.1 Å². The number of benzene rings is 2. The van der Waals surface area contributed by atoms with Crippen LogP contribution < -0.4 is 10.6 Å². The van der Waals surface area contributed by atoms with Crippen LogP contribution >= 0.6 is 0 Å². The van der Waals surface area contributed by atoms with Crippen molar-refractivity contribution < 1.29 is 4.79 Å².